The number of carboxylic acid groups (broad SMARTS) is 2. The average Bonchev–Trinajstić information content (AvgIpc) is 1.67. The summed E-state index contributed by atoms with van der Waals surface area (Å²) < 4.78 is 29.4. The Kier molecular flexibility index (Phi) is 34.5. The number of ketones is 1. The van der Waals surface area contributed by atoms with E-state index in [1.54, 1.807) is 48.8 Å². The molecule has 0 radical (unpaired) electrons. The number of ether oxygens (including phenoxy) is 5. The molecule has 1 aliphatic heterocycles. The number of hydrogen-bond acceptors (Lipinski definition) is 11. The van der Waals surface area contributed by atoms with Crippen molar-refractivity contribution in [2.75, 3.05) is 19.8 Å². The normalized spacial score (nSPS) is 38.2. The van der Waals surface area contributed by atoms with Gasteiger partial charge in [0.15, 0.2) is 5.78 Å². The number of carbonyl (C=O) groups is 4. The lowest BCUT2D eigenvalue weighted by Gasteiger charge is -2.58. The number of halogens is 1. The zero-order chi connectivity index (χ0) is 83.2. The fourth-order valence-corrected chi connectivity index (χ4v) is 29.0. The Bertz CT molecular complexity index is 3450. The first kappa shape index (κ1) is 97.2. The largest absolute Gasteiger partial charge is 0.481 e. The predicted molar refractivity (Wildman–Crippen MR) is 476 cm³/mol. The van der Waals surface area contributed by atoms with Gasteiger partial charge in [-0.15, -0.1) is 12.4 Å². The molecular weight excluding hydrogens is 1480 g/mol. The van der Waals surface area contributed by atoms with Gasteiger partial charge in [-0.05, 0) is 299 Å². The van der Waals surface area contributed by atoms with Crippen molar-refractivity contribution in [2.24, 2.45) is 139 Å². The second kappa shape index (κ2) is 41.5. The Labute approximate surface area is 717 Å². The zero-order valence-corrected chi connectivity index (χ0v) is 76.7. The van der Waals surface area contributed by atoms with Gasteiger partial charge in [-0.3, -0.25) is 14.4 Å². The lowest BCUT2D eigenvalue weighted by molar-refractivity contribution is -0.207. The van der Waals surface area contributed by atoms with Gasteiger partial charge in [-0.25, -0.2) is 4.79 Å². The quantitative estimate of drug-likeness (QED) is 0.0215. The molecule has 0 aromatic rings. The molecule has 12 aliphatic carbocycles. The van der Waals surface area contributed by atoms with Crippen molar-refractivity contribution in [3.8, 4) is 0 Å². The van der Waals surface area contributed by atoms with Gasteiger partial charge in [0.25, 0.3) is 0 Å². The van der Waals surface area contributed by atoms with Gasteiger partial charge in [0.2, 0.25) is 5.79 Å². The number of carbonyl (C=O) groups excluding carboxylic acids is 2. The molecule has 117 heavy (non-hydrogen) atoms. The van der Waals surface area contributed by atoms with Gasteiger partial charge in [-0.2, -0.15) is 0 Å². The highest BCUT2D eigenvalue weighted by Crippen LogP contribution is 2.71. The van der Waals surface area contributed by atoms with E-state index in [0.29, 0.717) is 51.5 Å². The van der Waals surface area contributed by atoms with Crippen LogP contribution in [0.1, 0.15) is 356 Å². The van der Waals surface area contributed by atoms with Gasteiger partial charge in [0.1, 0.15) is 12.2 Å². The van der Waals surface area contributed by atoms with E-state index in [1.807, 2.05) is 0 Å². The van der Waals surface area contributed by atoms with Gasteiger partial charge in [0.05, 0.1) is 62.8 Å². The smallest absolute Gasteiger partial charge is 0.337 e. The fourth-order valence-electron chi connectivity index (χ4n) is 29.0. The first-order valence-corrected chi connectivity index (χ1v) is 47.6. The number of allylic oxidation sites excluding steroid dienone is 4. The third kappa shape index (κ3) is 22.8. The van der Waals surface area contributed by atoms with Gasteiger partial charge >= 0.3 is 17.9 Å². The molecule has 0 bridgehead atoms. The summed E-state index contributed by atoms with van der Waals surface area (Å²) in [7, 11) is 0. The number of fused-ring (bicyclic) bond motifs is 15. The molecule has 0 aromatic carbocycles. The molecule has 9 fully saturated rings. The maximum atomic E-state index is 11.8. The summed E-state index contributed by atoms with van der Waals surface area (Å²) in [6, 6.07) is 0. The Morgan fingerprint density at radius 1 is 0.479 bits per heavy atom. The molecule has 0 aromatic heterocycles. The minimum absolute atomic E-state index is 0. The summed E-state index contributed by atoms with van der Waals surface area (Å²) in [5.41, 5.74) is 7.43. The van der Waals surface area contributed by atoms with E-state index in [4.69, 9.17) is 33.9 Å². The molecule has 26 atom stereocenters. The van der Waals surface area contributed by atoms with Crippen LogP contribution in [0, 0.1) is 139 Å². The molecule has 0 amide bonds. The van der Waals surface area contributed by atoms with Crippen LogP contribution in [0.5, 0.6) is 0 Å². The van der Waals surface area contributed by atoms with E-state index < -0.39 is 42.3 Å². The van der Waals surface area contributed by atoms with E-state index >= 15 is 0 Å². The Morgan fingerprint density at radius 2 is 0.855 bits per heavy atom. The molecule has 13 nitrogen and oxygen atoms in total. The molecule has 4 N–H and O–H groups in total. The molecule has 9 saturated carbocycles. The van der Waals surface area contributed by atoms with Crippen LogP contribution in [0.4, 0.5) is 0 Å². The molecule has 1 heterocycles. The highest BCUT2D eigenvalue weighted by Gasteiger charge is 2.63. The second-order valence-electron chi connectivity index (χ2n) is 43.9. The number of esters is 1. The summed E-state index contributed by atoms with van der Waals surface area (Å²) in [4.78, 5) is 44.7. The summed E-state index contributed by atoms with van der Waals surface area (Å²) in [6.07, 6.45) is 57.2. The van der Waals surface area contributed by atoms with Crippen molar-refractivity contribution in [1.29, 1.82) is 0 Å². The van der Waals surface area contributed by atoms with Crippen LogP contribution in [-0.2, 0) is 42.9 Å². The Morgan fingerprint density at radius 3 is 1.21 bits per heavy atom. The number of aliphatic hydroxyl groups excluding tert-OH is 2. The monoisotopic (exact) mass is 1650 g/mol. The van der Waals surface area contributed by atoms with Crippen molar-refractivity contribution < 1.29 is 63.3 Å². The van der Waals surface area contributed by atoms with Crippen molar-refractivity contribution >= 4 is 36.1 Å². The van der Waals surface area contributed by atoms with E-state index in [1.165, 1.54) is 186 Å². The minimum atomic E-state index is -1.09. The topological polar surface area (TPSA) is 195 Å². The van der Waals surface area contributed by atoms with Crippen molar-refractivity contribution in [2.45, 2.75) is 393 Å². The number of carboxylic acids is 2. The summed E-state index contributed by atoms with van der Waals surface area (Å²) in [5, 5.41) is 37.9. The number of aliphatic carboxylic acids is 2. The maximum absolute atomic E-state index is 11.8. The molecule has 13 aliphatic rings. The highest BCUT2D eigenvalue weighted by molar-refractivity contribution is 6.01. The highest BCUT2D eigenvalue weighted by atomic mass is 35.5. The molecule has 14 heteroatoms. The van der Waals surface area contributed by atoms with E-state index in [0.717, 1.165) is 145 Å². The molecular formula is C103H169ClO13. The second-order valence-corrected chi connectivity index (χ2v) is 43.9. The third-order valence-electron chi connectivity index (χ3n) is 35.0. The van der Waals surface area contributed by atoms with Crippen molar-refractivity contribution in [3.63, 3.8) is 0 Å². The first-order chi connectivity index (χ1) is 54.4. The molecule has 13 rings (SSSR count). The number of cyclic esters (lactones) is 1. The summed E-state index contributed by atoms with van der Waals surface area (Å²) in [5.74, 6) is 12.0. The van der Waals surface area contributed by atoms with Crippen LogP contribution in [0.2, 0.25) is 0 Å². The lowest BCUT2D eigenvalue weighted by atomic mass is 9.47. The van der Waals surface area contributed by atoms with Crippen LogP contribution in [-0.4, -0.2) is 100 Å². The van der Waals surface area contributed by atoms with Crippen LogP contribution in [0.25, 0.3) is 0 Å². The number of hydrogen-bond donors (Lipinski definition) is 4. The van der Waals surface area contributed by atoms with E-state index in [2.05, 4.69) is 122 Å². The molecule has 11 unspecified atom stereocenters. The third-order valence-corrected chi connectivity index (χ3v) is 35.0. The zero-order valence-electron chi connectivity index (χ0n) is 75.8. The molecule has 0 spiro atoms. The average molecular weight is 1650 g/mol. The SMILES string of the molecule is C.CC(C)CCC[C@@H](C)[C@H]1CCC2C3CC=C4C[C@@H](OC/C=C/C(=O)CC(=O)O)CC[C@]4(C)C3CC[C@@]21C.CC(C)CCC[C@@H](C)[C@H]1CCC2C3CC=C4C[C@@H](OC/C=C/C(O)CC(=O)O)CC[C@]4(C)C3CC[C@@]21C.CC(C)CCC[C@@H](C)[C@H]1CCC2C3CC=C4C[C@@H](OCC(O)CC5=CC(=O)OC(C)(C)O5)CC[C@]4(C)C3CC[C@@]21C.Cl. The first-order valence-electron chi connectivity index (χ1n) is 47.6. The number of aliphatic hydroxyl groups is 2. The number of rotatable bonds is 32. The van der Waals surface area contributed by atoms with Crippen LogP contribution < -0.4 is 0 Å². The molecule has 0 saturated heterocycles. The van der Waals surface area contributed by atoms with Gasteiger partial charge in [0, 0.05) is 20.3 Å². The van der Waals surface area contributed by atoms with E-state index in [9.17, 15) is 29.4 Å². The van der Waals surface area contributed by atoms with Gasteiger partial charge in [-0.1, -0.05) is 222 Å². The minimum Gasteiger partial charge on any atom is -0.481 e. The van der Waals surface area contributed by atoms with Crippen LogP contribution in [0.3, 0.4) is 0 Å². The van der Waals surface area contributed by atoms with Crippen molar-refractivity contribution in [1.82, 2.24) is 0 Å². The standard InChI is InChI=1S/C36H58O5.C33H54O4.C33H52O4.CH4.ClH/c1-23(2)9-8-10-24(3)30-13-14-31-29-12-11-25-19-27(15-17-35(25,6)32(29)16-18-36(30,31)7)39-22-26(37)20-28-21-33(38)41-34(4,5)40-28;2*1-22(2)8-6-9-23(3)28-13-14-29-27-12-11-24-20-26(37-19-7-10-25(34)21-31(35)36)15-17-32(24,4)30(27)16-18-33(28,29)5;;/h11,21,23-24,26-27,29-32,37H,8-10,12-20,22H2,1-7H3;7,10-11,22-23,25-30,34H,6,8-9,12-21H2,1-5H3,(H,35,36);7,10-11,22-23,26-30H,6,8-9,12-21H2,1-5H3,(H,35,36);1H4;1H/b;2*10-7+;;/t24-,26?,27+,29?,30-,31?,32?,35+,36-;23-,25?,26+,27?,28-,29?,30?,32+,33-;23-,26+,27?,28-,29?,30?,32+,33-;;/m111../s1. The van der Waals surface area contributed by atoms with Crippen LogP contribution in [0.15, 0.2) is 71.1 Å². The van der Waals surface area contributed by atoms with Crippen molar-refractivity contribution in [3.05, 3.63) is 71.1 Å². The lowest BCUT2D eigenvalue weighted by Crippen LogP contribution is -2.51. The summed E-state index contributed by atoms with van der Waals surface area (Å²) >= 11 is 0. The van der Waals surface area contributed by atoms with E-state index in [-0.39, 0.29) is 63.4 Å². The predicted octanol–water partition coefficient (Wildman–Crippen LogP) is 25.2. The maximum Gasteiger partial charge on any atom is 0.337 e. The van der Waals surface area contributed by atoms with Crippen LogP contribution >= 0.6 is 12.4 Å². The van der Waals surface area contributed by atoms with Gasteiger partial charge < -0.3 is 44.1 Å². The summed E-state index contributed by atoms with van der Waals surface area (Å²) in [6.45, 7) is 42.0. The Hall–Kier alpha value is -3.59. The Balaban J connectivity index is 0.000000199. The fraction of sp³-hybridized carbons (Fsp3) is 0.845. The molecule has 666 valence electrons.